The summed E-state index contributed by atoms with van der Waals surface area (Å²) in [5.74, 6) is 0.475. The second kappa shape index (κ2) is 7.64. The molecule has 0 saturated heterocycles. The Morgan fingerprint density at radius 3 is 2.40 bits per heavy atom. The number of halogens is 2. The summed E-state index contributed by atoms with van der Waals surface area (Å²) in [5.41, 5.74) is 3.93. The fraction of sp³-hybridized carbons (Fsp3) is 0.105. The zero-order valence-corrected chi connectivity index (χ0v) is 15.7. The maximum atomic E-state index is 8.86. The summed E-state index contributed by atoms with van der Waals surface area (Å²) in [4.78, 5) is 8.95. The zero-order chi connectivity index (χ0) is 17.8. The molecule has 4 nitrogen and oxygen atoms in total. The van der Waals surface area contributed by atoms with Crippen molar-refractivity contribution in [2.45, 2.75) is 12.3 Å². The predicted octanol–water partition coefficient (Wildman–Crippen LogP) is 5.49. The van der Waals surface area contributed by atoms with Gasteiger partial charge in [0.15, 0.2) is 0 Å². The molecule has 25 heavy (non-hydrogen) atoms. The highest BCUT2D eigenvalue weighted by Gasteiger charge is 2.14. The summed E-state index contributed by atoms with van der Waals surface area (Å²) in [6.45, 7) is 1.90. The van der Waals surface area contributed by atoms with Gasteiger partial charge in [-0.1, -0.05) is 28.1 Å². The Balaban J connectivity index is 1.86. The molecule has 3 rings (SSSR count). The average molecular weight is 414 g/mol. The standard InChI is InChI=1S/C19H14BrClN4/c1-12-10-17(18(21)14-4-6-15(20)7-5-14)25-19(23-12)24-16-8-2-13(11-22)3-9-16/h2-10,18H,1H3,(H,23,24,25). The molecule has 6 heteroatoms. The lowest BCUT2D eigenvalue weighted by atomic mass is 10.1. The molecule has 0 fully saturated rings. The van der Waals surface area contributed by atoms with Crippen molar-refractivity contribution in [2.24, 2.45) is 0 Å². The van der Waals surface area contributed by atoms with Gasteiger partial charge in [0, 0.05) is 15.9 Å². The van der Waals surface area contributed by atoms with E-state index in [1.807, 2.05) is 49.4 Å². The number of nitriles is 1. The number of anilines is 2. The van der Waals surface area contributed by atoms with Crippen LogP contribution < -0.4 is 5.32 Å². The van der Waals surface area contributed by atoms with Gasteiger partial charge in [0.2, 0.25) is 5.95 Å². The summed E-state index contributed by atoms with van der Waals surface area (Å²) in [6, 6.07) is 18.9. The Labute approximate surface area is 159 Å². The van der Waals surface area contributed by atoms with Crippen molar-refractivity contribution in [3.63, 3.8) is 0 Å². The summed E-state index contributed by atoms with van der Waals surface area (Å²) in [7, 11) is 0. The van der Waals surface area contributed by atoms with Crippen molar-refractivity contribution >= 4 is 39.2 Å². The number of rotatable bonds is 4. The third kappa shape index (κ3) is 4.36. The molecular weight excluding hydrogens is 400 g/mol. The highest BCUT2D eigenvalue weighted by molar-refractivity contribution is 9.10. The van der Waals surface area contributed by atoms with Crippen LogP contribution in [-0.2, 0) is 0 Å². The Morgan fingerprint density at radius 2 is 1.76 bits per heavy atom. The van der Waals surface area contributed by atoms with Gasteiger partial charge in [-0.05, 0) is 55.0 Å². The van der Waals surface area contributed by atoms with E-state index in [2.05, 4.69) is 37.3 Å². The molecule has 0 aliphatic carbocycles. The highest BCUT2D eigenvalue weighted by Crippen LogP contribution is 2.29. The Kier molecular flexibility index (Phi) is 5.32. The fourth-order valence-corrected chi connectivity index (χ4v) is 2.86. The minimum atomic E-state index is -0.365. The topological polar surface area (TPSA) is 61.6 Å². The van der Waals surface area contributed by atoms with Crippen LogP contribution in [0.15, 0.2) is 59.1 Å². The molecule has 1 atom stereocenters. The van der Waals surface area contributed by atoms with Gasteiger partial charge in [-0.2, -0.15) is 5.26 Å². The lowest BCUT2D eigenvalue weighted by Gasteiger charge is -2.13. The van der Waals surface area contributed by atoms with Crippen LogP contribution in [0, 0.1) is 18.3 Å². The molecular formula is C19H14BrClN4. The van der Waals surface area contributed by atoms with E-state index in [0.29, 0.717) is 11.5 Å². The van der Waals surface area contributed by atoms with Crippen molar-refractivity contribution < 1.29 is 0 Å². The quantitative estimate of drug-likeness (QED) is 0.574. The number of nitrogens with one attached hydrogen (secondary N) is 1. The van der Waals surface area contributed by atoms with Gasteiger partial charge in [0.05, 0.1) is 17.3 Å². The molecule has 0 aliphatic heterocycles. The van der Waals surface area contributed by atoms with Gasteiger partial charge in [-0.3, -0.25) is 0 Å². The number of hydrogen-bond donors (Lipinski definition) is 1. The molecule has 124 valence electrons. The summed E-state index contributed by atoms with van der Waals surface area (Å²) in [6.07, 6.45) is 0. The number of alkyl halides is 1. The van der Waals surface area contributed by atoms with Gasteiger partial charge in [-0.15, -0.1) is 11.6 Å². The first-order chi connectivity index (χ1) is 12.0. The average Bonchev–Trinajstić information content (AvgIpc) is 2.62. The van der Waals surface area contributed by atoms with Crippen LogP contribution in [0.3, 0.4) is 0 Å². The summed E-state index contributed by atoms with van der Waals surface area (Å²) >= 11 is 10.0. The van der Waals surface area contributed by atoms with Gasteiger partial charge in [0.25, 0.3) is 0 Å². The molecule has 0 amide bonds. The maximum Gasteiger partial charge on any atom is 0.227 e. The van der Waals surface area contributed by atoms with Crippen molar-refractivity contribution in [2.75, 3.05) is 5.32 Å². The number of benzene rings is 2. The van der Waals surface area contributed by atoms with Crippen LogP contribution in [0.2, 0.25) is 0 Å². The van der Waals surface area contributed by atoms with Crippen molar-refractivity contribution in [3.05, 3.63) is 81.6 Å². The molecule has 1 aromatic heterocycles. The molecule has 1 N–H and O–H groups in total. The van der Waals surface area contributed by atoms with Crippen LogP contribution >= 0.6 is 27.5 Å². The van der Waals surface area contributed by atoms with Gasteiger partial charge < -0.3 is 5.32 Å². The zero-order valence-electron chi connectivity index (χ0n) is 13.4. The highest BCUT2D eigenvalue weighted by atomic mass is 79.9. The largest absolute Gasteiger partial charge is 0.324 e. The summed E-state index contributed by atoms with van der Waals surface area (Å²) < 4.78 is 1.00. The van der Waals surface area contributed by atoms with Gasteiger partial charge >= 0.3 is 0 Å². The van der Waals surface area contributed by atoms with Crippen molar-refractivity contribution in [1.29, 1.82) is 5.26 Å². The molecule has 0 aliphatic rings. The smallest absolute Gasteiger partial charge is 0.227 e. The first-order valence-electron chi connectivity index (χ1n) is 7.57. The van der Waals surface area contributed by atoms with Crippen LogP contribution in [0.4, 0.5) is 11.6 Å². The van der Waals surface area contributed by atoms with E-state index in [0.717, 1.165) is 27.1 Å². The van der Waals surface area contributed by atoms with Crippen molar-refractivity contribution in [3.8, 4) is 6.07 Å². The van der Waals surface area contributed by atoms with Crippen LogP contribution in [0.25, 0.3) is 0 Å². The van der Waals surface area contributed by atoms with E-state index in [1.54, 1.807) is 12.1 Å². The van der Waals surface area contributed by atoms with Crippen molar-refractivity contribution in [1.82, 2.24) is 9.97 Å². The Morgan fingerprint density at radius 1 is 1.08 bits per heavy atom. The molecule has 0 bridgehead atoms. The number of aryl methyl sites for hydroxylation is 1. The monoisotopic (exact) mass is 412 g/mol. The second-order valence-electron chi connectivity index (χ2n) is 5.49. The van der Waals surface area contributed by atoms with Gasteiger partial charge in [0.1, 0.15) is 5.38 Å². The molecule has 1 unspecified atom stereocenters. The summed E-state index contributed by atoms with van der Waals surface area (Å²) in [5, 5.41) is 11.7. The molecule has 2 aromatic carbocycles. The van der Waals surface area contributed by atoms with E-state index in [4.69, 9.17) is 16.9 Å². The van der Waals surface area contributed by atoms with E-state index in [1.165, 1.54) is 0 Å². The number of aromatic nitrogens is 2. The molecule has 0 spiro atoms. The van der Waals surface area contributed by atoms with Crippen LogP contribution in [-0.4, -0.2) is 9.97 Å². The van der Waals surface area contributed by atoms with E-state index < -0.39 is 0 Å². The van der Waals surface area contributed by atoms with E-state index in [9.17, 15) is 0 Å². The first-order valence-corrected chi connectivity index (χ1v) is 8.80. The second-order valence-corrected chi connectivity index (χ2v) is 6.84. The van der Waals surface area contributed by atoms with Crippen LogP contribution in [0.1, 0.15) is 27.9 Å². The third-order valence-corrected chi connectivity index (χ3v) is 4.57. The van der Waals surface area contributed by atoms with E-state index >= 15 is 0 Å². The van der Waals surface area contributed by atoms with Gasteiger partial charge in [-0.25, -0.2) is 9.97 Å². The van der Waals surface area contributed by atoms with E-state index in [-0.39, 0.29) is 5.38 Å². The Bertz CT molecular complexity index is 918. The minimum Gasteiger partial charge on any atom is -0.324 e. The predicted molar refractivity (Wildman–Crippen MR) is 103 cm³/mol. The number of hydrogen-bond acceptors (Lipinski definition) is 4. The minimum absolute atomic E-state index is 0.365. The maximum absolute atomic E-state index is 8.86. The van der Waals surface area contributed by atoms with Crippen LogP contribution in [0.5, 0.6) is 0 Å². The Hall–Kier alpha value is -2.42. The first kappa shape index (κ1) is 17.4. The SMILES string of the molecule is Cc1cc(C(Cl)c2ccc(Br)cc2)nc(Nc2ccc(C#N)cc2)n1. The normalized spacial score (nSPS) is 11.6. The third-order valence-electron chi connectivity index (χ3n) is 3.57. The lowest BCUT2D eigenvalue weighted by molar-refractivity contribution is 0.984. The molecule has 3 aromatic rings. The fourth-order valence-electron chi connectivity index (χ4n) is 2.34. The lowest BCUT2D eigenvalue weighted by Crippen LogP contribution is -2.04. The molecule has 0 saturated carbocycles. The molecule has 0 radical (unpaired) electrons. The molecule has 1 heterocycles. The number of nitrogens with zero attached hydrogens (tertiary/aromatic N) is 3.